The molecule has 0 fully saturated rings. The van der Waals surface area contributed by atoms with Crippen molar-refractivity contribution in [2.75, 3.05) is 13.7 Å². The molecule has 4 nitrogen and oxygen atoms in total. The zero-order valence-electron chi connectivity index (χ0n) is 13.0. The molecule has 0 saturated carbocycles. The van der Waals surface area contributed by atoms with Gasteiger partial charge in [0, 0.05) is 17.6 Å². The van der Waals surface area contributed by atoms with Gasteiger partial charge in [0.2, 0.25) is 0 Å². The maximum absolute atomic E-state index is 5.53. The Kier molecular flexibility index (Phi) is 5.59. The van der Waals surface area contributed by atoms with Crippen molar-refractivity contribution in [2.45, 2.75) is 33.4 Å². The topological polar surface area (TPSA) is 43.4 Å². The summed E-state index contributed by atoms with van der Waals surface area (Å²) in [6, 6.07) is 6.26. The second-order valence-corrected chi connectivity index (χ2v) is 6.10. The van der Waals surface area contributed by atoms with E-state index in [2.05, 4.69) is 30.2 Å². The monoisotopic (exact) mass is 306 g/mol. The van der Waals surface area contributed by atoms with Gasteiger partial charge >= 0.3 is 0 Å². The van der Waals surface area contributed by atoms with Crippen LogP contribution in [-0.4, -0.2) is 18.7 Å². The first-order valence-electron chi connectivity index (χ1n) is 7.09. The molecule has 2 rings (SSSR count). The van der Waals surface area contributed by atoms with Crippen LogP contribution in [-0.2, 0) is 6.54 Å². The number of benzene rings is 1. The summed E-state index contributed by atoms with van der Waals surface area (Å²) in [6.45, 7) is 7.57. The predicted octanol–water partition coefficient (Wildman–Crippen LogP) is 3.71. The first-order valence-corrected chi connectivity index (χ1v) is 7.91. The molecular weight excluding hydrogens is 284 g/mol. The quantitative estimate of drug-likeness (QED) is 0.847. The molecule has 0 aliphatic heterocycles. The van der Waals surface area contributed by atoms with Gasteiger partial charge in [-0.3, -0.25) is 0 Å². The van der Waals surface area contributed by atoms with Crippen LogP contribution < -0.4 is 14.8 Å². The Morgan fingerprint density at radius 2 is 2.14 bits per heavy atom. The zero-order chi connectivity index (χ0) is 15.2. The molecule has 1 heterocycles. The first-order chi connectivity index (χ1) is 10.1. The molecule has 0 saturated heterocycles. The number of ether oxygens (including phenoxy) is 2. The second-order valence-electron chi connectivity index (χ2n) is 4.83. The van der Waals surface area contributed by atoms with Gasteiger partial charge in [-0.15, -0.1) is 11.3 Å². The summed E-state index contributed by atoms with van der Waals surface area (Å²) in [5.41, 5.74) is 1.16. The molecule has 1 N–H and O–H groups in total. The number of hydrogen-bond acceptors (Lipinski definition) is 5. The molecule has 0 aliphatic rings. The van der Waals surface area contributed by atoms with Gasteiger partial charge in [-0.25, -0.2) is 4.98 Å². The van der Waals surface area contributed by atoms with Gasteiger partial charge in [0.1, 0.15) is 5.01 Å². The van der Waals surface area contributed by atoms with Crippen LogP contribution in [0.1, 0.15) is 35.3 Å². The fraction of sp³-hybridized carbons (Fsp3) is 0.438. The summed E-state index contributed by atoms with van der Waals surface area (Å²) in [5.74, 6) is 1.56. The maximum atomic E-state index is 5.53. The lowest BCUT2D eigenvalue weighted by atomic mass is 10.2. The number of aromatic nitrogens is 1. The van der Waals surface area contributed by atoms with Crippen LogP contribution in [0.2, 0.25) is 0 Å². The van der Waals surface area contributed by atoms with Crippen LogP contribution in [0, 0.1) is 6.92 Å². The minimum atomic E-state index is 0.237. The highest BCUT2D eigenvalue weighted by Crippen LogP contribution is 2.28. The number of thiazole rings is 1. The summed E-state index contributed by atoms with van der Waals surface area (Å²) in [6.07, 6.45) is 1.91. The predicted molar refractivity (Wildman–Crippen MR) is 86.3 cm³/mol. The Morgan fingerprint density at radius 1 is 1.33 bits per heavy atom. The van der Waals surface area contributed by atoms with Gasteiger partial charge in [0.25, 0.3) is 0 Å². The van der Waals surface area contributed by atoms with E-state index in [9.17, 15) is 0 Å². The summed E-state index contributed by atoms with van der Waals surface area (Å²) in [7, 11) is 1.66. The number of rotatable bonds is 7. The third kappa shape index (κ3) is 4.19. The third-order valence-corrected chi connectivity index (χ3v) is 4.25. The molecular formula is C16H22N2O2S. The molecule has 0 radical (unpaired) electrons. The standard InChI is InChI=1S/C16H22N2O2S/c1-5-20-14-7-6-13(8-15(14)19-4)10-17-12(3)16-18-9-11(2)21-16/h6-9,12,17H,5,10H2,1-4H3. The number of hydrogen-bond donors (Lipinski definition) is 1. The summed E-state index contributed by atoms with van der Waals surface area (Å²) in [5, 5.41) is 4.60. The normalized spacial score (nSPS) is 12.2. The average Bonchev–Trinajstić information content (AvgIpc) is 2.92. The van der Waals surface area contributed by atoms with Gasteiger partial charge in [0.15, 0.2) is 11.5 Å². The molecule has 114 valence electrons. The van der Waals surface area contributed by atoms with Crippen molar-refractivity contribution >= 4 is 11.3 Å². The Balaban J connectivity index is 1.99. The molecule has 1 atom stereocenters. The SMILES string of the molecule is CCOc1ccc(CNC(C)c2ncc(C)s2)cc1OC. The van der Waals surface area contributed by atoms with Crippen molar-refractivity contribution < 1.29 is 9.47 Å². The fourth-order valence-corrected chi connectivity index (χ4v) is 2.83. The van der Waals surface area contributed by atoms with Crippen molar-refractivity contribution in [1.29, 1.82) is 0 Å². The van der Waals surface area contributed by atoms with E-state index in [-0.39, 0.29) is 6.04 Å². The Morgan fingerprint density at radius 3 is 2.76 bits per heavy atom. The lowest BCUT2D eigenvalue weighted by molar-refractivity contribution is 0.310. The van der Waals surface area contributed by atoms with Gasteiger partial charge < -0.3 is 14.8 Å². The molecule has 2 aromatic rings. The summed E-state index contributed by atoms with van der Waals surface area (Å²) < 4.78 is 10.9. The van der Waals surface area contributed by atoms with E-state index in [1.54, 1.807) is 18.4 Å². The highest BCUT2D eigenvalue weighted by molar-refractivity contribution is 7.11. The number of nitrogens with zero attached hydrogens (tertiary/aromatic N) is 1. The van der Waals surface area contributed by atoms with Crippen molar-refractivity contribution in [3.05, 3.63) is 39.8 Å². The molecule has 0 spiro atoms. The van der Waals surface area contributed by atoms with Crippen molar-refractivity contribution in [1.82, 2.24) is 10.3 Å². The molecule has 1 aromatic heterocycles. The van der Waals surface area contributed by atoms with E-state index in [4.69, 9.17) is 9.47 Å². The van der Waals surface area contributed by atoms with Crippen LogP contribution in [0.15, 0.2) is 24.4 Å². The van der Waals surface area contributed by atoms with Gasteiger partial charge in [-0.05, 0) is 38.5 Å². The minimum Gasteiger partial charge on any atom is -0.493 e. The smallest absolute Gasteiger partial charge is 0.161 e. The van der Waals surface area contributed by atoms with Gasteiger partial charge in [-0.1, -0.05) is 6.07 Å². The van der Waals surface area contributed by atoms with E-state index in [0.717, 1.165) is 28.6 Å². The zero-order valence-corrected chi connectivity index (χ0v) is 13.8. The van der Waals surface area contributed by atoms with Crippen LogP contribution in [0.4, 0.5) is 0 Å². The second kappa shape index (κ2) is 7.43. The maximum Gasteiger partial charge on any atom is 0.161 e. The molecule has 5 heteroatoms. The molecule has 1 aromatic carbocycles. The molecule has 0 aliphatic carbocycles. The van der Waals surface area contributed by atoms with E-state index >= 15 is 0 Å². The Bertz CT molecular complexity index is 583. The highest BCUT2D eigenvalue weighted by atomic mass is 32.1. The molecule has 0 amide bonds. The van der Waals surface area contributed by atoms with Gasteiger partial charge in [0.05, 0.1) is 19.8 Å². The lowest BCUT2D eigenvalue weighted by Gasteiger charge is -2.14. The third-order valence-electron chi connectivity index (χ3n) is 3.15. The minimum absolute atomic E-state index is 0.237. The lowest BCUT2D eigenvalue weighted by Crippen LogP contribution is -2.17. The van der Waals surface area contributed by atoms with E-state index < -0.39 is 0 Å². The number of methoxy groups -OCH3 is 1. The fourth-order valence-electron chi connectivity index (χ4n) is 2.03. The first kappa shape index (κ1) is 15.8. The largest absolute Gasteiger partial charge is 0.493 e. The highest BCUT2D eigenvalue weighted by Gasteiger charge is 2.10. The molecule has 21 heavy (non-hydrogen) atoms. The molecule has 0 bridgehead atoms. The van der Waals surface area contributed by atoms with Crippen molar-refractivity contribution in [3.63, 3.8) is 0 Å². The van der Waals surface area contributed by atoms with Crippen LogP contribution in [0.3, 0.4) is 0 Å². The van der Waals surface area contributed by atoms with E-state index in [0.29, 0.717) is 6.61 Å². The van der Waals surface area contributed by atoms with Crippen molar-refractivity contribution in [3.8, 4) is 11.5 Å². The van der Waals surface area contributed by atoms with Crippen molar-refractivity contribution in [2.24, 2.45) is 0 Å². The van der Waals surface area contributed by atoms with Crippen LogP contribution in [0.5, 0.6) is 11.5 Å². The molecule has 1 unspecified atom stereocenters. The summed E-state index contributed by atoms with van der Waals surface area (Å²) in [4.78, 5) is 5.65. The summed E-state index contributed by atoms with van der Waals surface area (Å²) >= 11 is 1.73. The number of nitrogens with one attached hydrogen (secondary N) is 1. The Labute approximate surface area is 130 Å². The van der Waals surface area contributed by atoms with Crippen LogP contribution in [0.25, 0.3) is 0 Å². The number of aryl methyl sites for hydroxylation is 1. The van der Waals surface area contributed by atoms with E-state index in [1.165, 1.54) is 4.88 Å². The van der Waals surface area contributed by atoms with Crippen LogP contribution >= 0.6 is 11.3 Å². The van der Waals surface area contributed by atoms with Gasteiger partial charge in [-0.2, -0.15) is 0 Å². The average molecular weight is 306 g/mol. The Hall–Kier alpha value is -1.59. The van der Waals surface area contributed by atoms with E-state index in [1.807, 2.05) is 25.3 Å².